The van der Waals surface area contributed by atoms with Gasteiger partial charge in [-0.25, -0.2) is 9.18 Å². The standard InChI is InChI=1S/C12H13FN2O3/c1-8(16)14-6-11-7-15(12(17)18-11)10-4-2-3-9(13)5-10/h2-5,11H,6-7H2,1H3,(H,14,16)/t11-/m0/s1. The van der Waals surface area contributed by atoms with Crippen LogP contribution in [0.5, 0.6) is 0 Å². The molecule has 0 bridgehead atoms. The van der Waals surface area contributed by atoms with Crippen molar-refractivity contribution in [1.82, 2.24) is 5.32 Å². The molecule has 18 heavy (non-hydrogen) atoms. The molecule has 2 rings (SSSR count). The molecule has 0 saturated carbocycles. The molecule has 1 aromatic rings. The van der Waals surface area contributed by atoms with Crippen LogP contribution in [-0.2, 0) is 9.53 Å². The van der Waals surface area contributed by atoms with E-state index in [0.29, 0.717) is 12.2 Å². The molecular formula is C12H13FN2O3. The van der Waals surface area contributed by atoms with Crippen molar-refractivity contribution in [3.63, 3.8) is 0 Å². The number of nitrogens with one attached hydrogen (secondary N) is 1. The average molecular weight is 252 g/mol. The fraction of sp³-hybridized carbons (Fsp3) is 0.333. The first-order valence-electron chi connectivity index (χ1n) is 5.54. The molecule has 1 saturated heterocycles. The van der Waals surface area contributed by atoms with Gasteiger partial charge in [-0.3, -0.25) is 9.69 Å². The lowest BCUT2D eigenvalue weighted by Gasteiger charge is -2.12. The maximum absolute atomic E-state index is 13.1. The predicted molar refractivity (Wildman–Crippen MR) is 62.7 cm³/mol. The first-order valence-corrected chi connectivity index (χ1v) is 5.54. The Balaban J connectivity index is 2.03. The van der Waals surface area contributed by atoms with Crippen LogP contribution in [0.3, 0.4) is 0 Å². The Morgan fingerprint density at radius 3 is 3.06 bits per heavy atom. The van der Waals surface area contributed by atoms with E-state index >= 15 is 0 Å². The smallest absolute Gasteiger partial charge is 0.414 e. The Kier molecular flexibility index (Phi) is 3.45. The fourth-order valence-corrected chi connectivity index (χ4v) is 1.74. The fourth-order valence-electron chi connectivity index (χ4n) is 1.74. The summed E-state index contributed by atoms with van der Waals surface area (Å²) in [5.41, 5.74) is 0.449. The van der Waals surface area contributed by atoms with E-state index in [2.05, 4.69) is 5.32 Å². The summed E-state index contributed by atoms with van der Waals surface area (Å²) >= 11 is 0. The summed E-state index contributed by atoms with van der Waals surface area (Å²) in [7, 11) is 0. The summed E-state index contributed by atoms with van der Waals surface area (Å²) in [6, 6.07) is 5.73. The van der Waals surface area contributed by atoms with Crippen LogP contribution in [0.4, 0.5) is 14.9 Å². The number of nitrogens with zero attached hydrogens (tertiary/aromatic N) is 1. The van der Waals surface area contributed by atoms with Crippen LogP contribution in [0.15, 0.2) is 24.3 Å². The van der Waals surface area contributed by atoms with Crippen molar-refractivity contribution in [2.75, 3.05) is 18.0 Å². The van der Waals surface area contributed by atoms with Crippen LogP contribution in [0.25, 0.3) is 0 Å². The first kappa shape index (κ1) is 12.3. The molecule has 0 unspecified atom stereocenters. The highest BCUT2D eigenvalue weighted by molar-refractivity contribution is 5.89. The van der Waals surface area contributed by atoms with Gasteiger partial charge < -0.3 is 10.1 Å². The van der Waals surface area contributed by atoms with E-state index in [4.69, 9.17) is 4.74 Å². The maximum Gasteiger partial charge on any atom is 0.414 e. The lowest BCUT2D eigenvalue weighted by atomic mass is 10.2. The van der Waals surface area contributed by atoms with Gasteiger partial charge in [0.25, 0.3) is 0 Å². The maximum atomic E-state index is 13.1. The van der Waals surface area contributed by atoms with Gasteiger partial charge >= 0.3 is 6.09 Å². The van der Waals surface area contributed by atoms with E-state index in [1.54, 1.807) is 6.07 Å². The summed E-state index contributed by atoms with van der Waals surface area (Å²) in [6.45, 7) is 1.94. The molecule has 1 N–H and O–H groups in total. The number of ether oxygens (including phenoxy) is 1. The van der Waals surface area contributed by atoms with Gasteiger partial charge in [-0.1, -0.05) is 6.07 Å². The SMILES string of the molecule is CC(=O)NC[C@H]1CN(c2cccc(F)c2)C(=O)O1. The van der Waals surface area contributed by atoms with Gasteiger partial charge in [0.2, 0.25) is 5.91 Å². The van der Waals surface area contributed by atoms with Gasteiger partial charge in [0.05, 0.1) is 18.8 Å². The molecule has 0 aliphatic carbocycles. The Hall–Kier alpha value is -2.11. The number of amides is 2. The zero-order valence-corrected chi connectivity index (χ0v) is 9.85. The third-order valence-electron chi connectivity index (χ3n) is 2.57. The van der Waals surface area contributed by atoms with E-state index in [0.717, 1.165) is 0 Å². The zero-order chi connectivity index (χ0) is 13.1. The number of benzene rings is 1. The Bertz CT molecular complexity index is 478. The third-order valence-corrected chi connectivity index (χ3v) is 2.57. The van der Waals surface area contributed by atoms with Crippen LogP contribution < -0.4 is 10.2 Å². The molecule has 1 aromatic carbocycles. The van der Waals surface area contributed by atoms with Crippen molar-refractivity contribution >= 4 is 17.7 Å². The topological polar surface area (TPSA) is 58.6 Å². The van der Waals surface area contributed by atoms with Gasteiger partial charge in [-0.05, 0) is 18.2 Å². The minimum absolute atomic E-state index is 0.185. The van der Waals surface area contributed by atoms with E-state index in [1.165, 1.54) is 30.0 Å². The molecule has 1 atom stereocenters. The number of carbonyl (C=O) groups is 2. The number of hydrogen-bond acceptors (Lipinski definition) is 3. The molecule has 1 fully saturated rings. The predicted octanol–water partition coefficient (Wildman–Crippen LogP) is 1.29. The second-order valence-corrected chi connectivity index (χ2v) is 4.03. The molecule has 96 valence electrons. The highest BCUT2D eigenvalue weighted by Crippen LogP contribution is 2.21. The van der Waals surface area contributed by atoms with Gasteiger partial charge in [0, 0.05) is 6.92 Å². The van der Waals surface area contributed by atoms with E-state index in [9.17, 15) is 14.0 Å². The van der Waals surface area contributed by atoms with Gasteiger partial charge in [0.1, 0.15) is 11.9 Å². The largest absolute Gasteiger partial charge is 0.442 e. The number of hydrogen-bond donors (Lipinski definition) is 1. The highest BCUT2D eigenvalue weighted by atomic mass is 19.1. The molecule has 0 aromatic heterocycles. The van der Waals surface area contributed by atoms with Gasteiger partial charge in [-0.15, -0.1) is 0 Å². The second-order valence-electron chi connectivity index (χ2n) is 4.03. The van der Waals surface area contributed by atoms with E-state index < -0.39 is 18.0 Å². The minimum atomic E-state index is -0.532. The summed E-state index contributed by atoms with van der Waals surface area (Å²) < 4.78 is 18.1. The Morgan fingerprint density at radius 1 is 1.61 bits per heavy atom. The summed E-state index contributed by atoms with van der Waals surface area (Å²) in [5.74, 6) is -0.596. The van der Waals surface area contributed by atoms with Gasteiger partial charge in [0.15, 0.2) is 0 Å². The normalized spacial score (nSPS) is 18.7. The molecule has 0 radical (unpaired) electrons. The molecule has 6 heteroatoms. The molecule has 1 aliphatic heterocycles. The lowest BCUT2D eigenvalue weighted by molar-refractivity contribution is -0.119. The quantitative estimate of drug-likeness (QED) is 0.881. The summed E-state index contributed by atoms with van der Waals surface area (Å²) in [6.07, 6.45) is -0.944. The summed E-state index contributed by atoms with van der Waals surface area (Å²) in [5, 5.41) is 2.57. The van der Waals surface area contributed by atoms with Crippen LogP contribution >= 0.6 is 0 Å². The Labute approximate surface area is 104 Å². The molecular weight excluding hydrogens is 239 g/mol. The van der Waals surface area contributed by atoms with Crippen LogP contribution in [0, 0.1) is 5.82 Å². The van der Waals surface area contributed by atoms with Crippen LogP contribution in [0.2, 0.25) is 0 Å². The number of carbonyl (C=O) groups excluding carboxylic acids is 2. The van der Waals surface area contributed by atoms with E-state index in [-0.39, 0.29) is 12.5 Å². The van der Waals surface area contributed by atoms with Crippen LogP contribution in [0.1, 0.15) is 6.92 Å². The number of halogens is 1. The molecule has 1 heterocycles. The van der Waals surface area contributed by atoms with Crippen molar-refractivity contribution in [2.45, 2.75) is 13.0 Å². The lowest BCUT2D eigenvalue weighted by Crippen LogP contribution is -2.33. The molecule has 1 aliphatic rings. The van der Waals surface area contributed by atoms with Crippen molar-refractivity contribution in [3.8, 4) is 0 Å². The summed E-state index contributed by atoms with van der Waals surface area (Å²) in [4.78, 5) is 23.7. The number of cyclic esters (lactones) is 1. The van der Waals surface area contributed by atoms with Crippen molar-refractivity contribution in [3.05, 3.63) is 30.1 Å². The molecule has 5 nitrogen and oxygen atoms in total. The van der Waals surface area contributed by atoms with Crippen LogP contribution in [-0.4, -0.2) is 31.2 Å². The molecule has 2 amide bonds. The zero-order valence-electron chi connectivity index (χ0n) is 9.85. The second kappa shape index (κ2) is 5.03. The van der Waals surface area contributed by atoms with E-state index in [1.807, 2.05) is 0 Å². The average Bonchev–Trinajstić information content (AvgIpc) is 2.68. The number of anilines is 1. The monoisotopic (exact) mass is 252 g/mol. The van der Waals surface area contributed by atoms with Crippen molar-refractivity contribution in [1.29, 1.82) is 0 Å². The molecule has 0 spiro atoms. The van der Waals surface area contributed by atoms with Gasteiger partial charge in [-0.2, -0.15) is 0 Å². The Morgan fingerprint density at radius 2 is 2.39 bits per heavy atom. The van der Waals surface area contributed by atoms with Crippen molar-refractivity contribution < 1.29 is 18.7 Å². The minimum Gasteiger partial charge on any atom is -0.442 e. The van der Waals surface area contributed by atoms with Crippen molar-refractivity contribution in [2.24, 2.45) is 0 Å². The first-order chi connectivity index (χ1) is 8.56. The highest BCUT2D eigenvalue weighted by Gasteiger charge is 2.32. The number of rotatable bonds is 3. The third kappa shape index (κ3) is 2.77.